The normalized spacial score (nSPS) is 18.4. The Bertz CT molecular complexity index is 418. The van der Waals surface area contributed by atoms with Crippen molar-refractivity contribution in [2.45, 2.75) is 25.8 Å². The Morgan fingerprint density at radius 2 is 2.25 bits per heavy atom. The minimum atomic E-state index is -0.175. The lowest BCUT2D eigenvalue weighted by Gasteiger charge is -2.47. The molecule has 2 N–H and O–H groups in total. The van der Waals surface area contributed by atoms with Gasteiger partial charge in [0.2, 0.25) is 0 Å². The van der Waals surface area contributed by atoms with Gasteiger partial charge in [-0.25, -0.2) is 0 Å². The van der Waals surface area contributed by atoms with Gasteiger partial charge in [-0.05, 0) is 13.3 Å². The zero-order valence-corrected chi connectivity index (χ0v) is 10.0. The molecule has 88 valence electrons. The Morgan fingerprint density at radius 3 is 2.69 bits per heavy atom. The van der Waals surface area contributed by atoms with Crippen LogP contribution in [0.25, 0.3) is 0 Å². The van der Waals surface area contributed by atoms with Crippen LogP contribution >= 0.6 is 0 Å². The topological polar surface area (TPSA) is 64.2 Å². The maximum Gasteiger partial charge on any atom is 0.257 e. The van der Waals surface area contributed by atoms with Crippen molar-refractivity contribution >= 4 is 5.91 Å². The molecule has 1 amide bonds. The van der Waals surface area contributed by atoms with Gasteiger partial charge in [0, 0.05) is 26.3 Å². The number of likely N-dealkylation sites (tertiary alicyclic amines) is 1. The Kier molecular flexibility index (Phi) is 2.50. The van der Waals surface area contributed by atoms with Gasteiger partial charge in [0.05, 0.1) is 16.8 Å². The highest BCUT2D eigenvalue weighted by molar-refractivity contribution is 5.95. The van der Waals surface area contributed by atoms with Crippen LogP contribution in [0.1, 0.15) is 29.4 Å². The first kappa shape index (κ1) is 11.1. The zero-order valence-electron chi connectivity index (χ0n) is 10.0. The largest absolute Gasteiger partial charge is 0.335 e. The summed E-state index contributed by atoms with van der Waals surface area (Å²) in [7, 11) is 1.82. The van der Waals surface area contributed by atoms with E-state index in [2.05, 4.69) is 12.0 Å². The number of hydrogen-bond acceptors (Lipinski definition) is 3. The third-order valence-electron chi connectivity index (χ3n) is 3.25. The summed E-state index contributed by atoms with van der Waals surface area (Å²) in [6, 6.07) is 0. The first-order valence-corrected chi connectivity index (χ1v) is 5.53. The molecule has 0 atom stereocenters. The van der Waals surface area contributed by atoms with E-state index in [1.807, 2.05) is 14.0 Å². The lowest BCUT2D eigenvalue weighted by molar-refractivity contribution is 0.0400. The van der Waals surface area contributed by atoms with Gasteiger partial charge in [0.15, 0.2) is 0 Å². The summed E-state index contributed by atoms with van der Waals surface area (Å²) in [4.78, 5) is 13.9. The highest BCUT2D eigenvalue weighted by atomic mass is 16.2. The van der Waals surface area contributed by atoms with Gasteiger partial charge in [0.25, 0.3) is 5.91 Å². The van der Waals surface area contributed by atoms with Crippen LogP contribution in [0.4, 0.5) is 0 Å². The second kappa shape index (κ2) is 3.59. The van der Waals surface area contributed by atoms with Crippen molar-refractivity contribution < 1.29 is 4.79 Å². The fourth-order valence-corrected chi connectivity index (χ4v) is 2.06. The van der Waals surface area contributed by atoms with E-state index >= 15 is 0 Å². The molecular weight excluding hydrogens is 204 g/mol. The maximum absolute atomic E-state index is 12.1. The maximum atomic E-state index is 12.1. The molecule has 16 heavy (non-hydrogen) atoms. The second-order valence-corrected chi connectivity index (χ2v) is 4.68. The summed E-state index contributed by atoms with van der Waals surface area (Å²) in [5.41, 5.74) is 7.32. The van der Waals surface area contributed by atoms with E-state index in [1.165, 1.54) is 0 Å². The molecular formula is C11H18N4O. The quantitative estimate of drug-likeness (QED) is 0.782. The van der Waals surface area contributed by atoms with Crippen LogP contribution in [0.5, 0.6) is 0 Å². The fourth-order valence-electron chi connectivity index (χ4n) is 2.06. The molecule has 1 fully saturated rings. The number of aryl methyl sites for hydroxylation is 2. The molecule has 0 aromatic carbocycles. The molecule has 5 nitrogen and oxygen atoms in total. The predicted octanol–water partition coefficient (Wildman–Crippen LogP) is 0.292. The number of carbonyl (C=O) groups is 1. The number of nitrogens with two attached hydrogens (primary N) is 1. The summed E-state index contributed by atoms with van der Waals surface area (Å²) in [6.45, 7) is 5.20. The van der Waals surface area contributed by atoms with E-state index in [1.54, 1.807) is 15.8 Å². The molecule has 1 aromatic rings. The standard InChI is InChI=1S/C11H18N4O/c1-4-11(12)6-15(7-11)10(16)9-5-14(3)13-8(9)2/h5H,4,6-7,12H2,1-3H3. The molecule has 0 bridgehead atoms. The Morgan fingerprint density at radius 1 is 1.62 bits per heavy atom. The number of rotatable bonds is 2. The molecule has 0 unspecified atom stereocenters. The third kappa shape index (κ3) is 1.71. The lowest BCUT2D eigenvalue weighted by Crippen LogP contribution is -2.68. The molecule has 0 spiro atoms. The van der Waals surface area contributed by atoms with Gasteiger partial charge in [-0.15, -0.1) is 0 Å². The number of aromatic nitrogens is 2. The van der Waals surface area contributed by atoms with Crippen LogP contribution in [0, 0.1) is 6.92 Å². The Hall–Kier alpha value is -1.36. The molecule has 0 aliphatic carbocycles. The number of hydrogen-bond donors (Lipinski definition) is 1. The van der Waals surface area contributed by atoms with Crippen LogP contribution < -0.4 is 5.73 Å². The van der Waals surface area contributed by atoms with Crippen molar-refractivity contribution in [2.24, 2.45) is 12.8 Å². The fraction of sp³-hybridized carbons (Fsp3) is 0.636. The minimum absolute atomic E-state index is 0.0418. The molecule has 1 aromatic heterocycles. The molecule has 1 saturated heterocycles. The van der Waals surface area contributed by atoms with Gasteiger partial charge in [-0.3, -0.25) is 9.48 Å². The van der Waals surface area contributed by atoms with Crippen molar-refractivity contribution in [3.63, 3.8) is 0 Å². The third-order valence-corrected chi connectivity index (χ3v) is 3.25. The van der Waals surface area contributed by atoms with E-state index in [-0.39, 0.29) is 11.4 Å². The Balaban J connectivity index is 2.08. The van der Waals surface area contributed by atoms with Crippen LogP contribution in [-0.2, 0) is 7.05 Å². The smallest absolute Gasteiger partial charge is 0.257 e. The van der Waals surface area contributed by atoms with E-state index in [0.717, 1.165) is 12.1 Å². The van der Waals surface area contributed by atoms with E-state index < -0.39 is 0 Å². The molecule has 2 rings (SSSR count). The van der Waals surface area contributed by atoms with Crippen molar-refractivity contribution in [1.29, 1.82) is 0 Å². The Labute approximate surface area is 95.2 Å². The second-order valence-electron chi connectivity index (χ2n) is 4.68. The number of carbonyl (C=O) groups excluding carboxylic acids is 1. The first-order chi connectivity index (χ1) is 7.45. The average molecular weight is 222 g/mol. The summed E-state index contributed by atoms with van der Waals surface area (Å²) < 4.78 is 1.66. The highest BCUT2D eigenvalue weighted by Crippen LogP contribution is 2.24. The zero-order chi connectivity index (χ0) is 11.9. The van der Waals surface area contributed by atoms with Crippen LogP contribution in [-0.4, -0.2) is 39.2 Å². The summed E-state index contributed by atoms with van der Waals surface area (Å²) in [5.74, 6) is 0.0418. The first-order valence-electron chi connectivity index (χ1n) is 5.53. The summed E-state index contributed by atoms with van der Waals surface area (Å²) >= 11 is 0. The number of nitrogens with zero attached hydrogens (tertiary/aromatic N) is 3. The monoisotopic (exact) mass is 222 g/mol. The van der Waals surface area contributed by atoms with Crippen molar-refractivity contribution in [3.05, 3.63) is 17.5 Å². The van der Waals surface area contributed by atoms with Crippen LogP contribution in [0.15, 0.2) is 6.20 Å². The average Bonchev–Trinajstić information content (AvgIpc) is 2.52. The lowest BCUT2D eigenvalue weighted by atomic mass is 9.88. The van der Waals surface area contributed by atoms with E-state index in [9.17, 15) is 4.79 Å². The van der Waals surface area contributed by atoms with E-state index in [4.69, 9.17) is 5.73 Å². The van der Waals surface area contributed by atoms with Gasteiger partial charge in [-0.2, -0.15) is 5.10 Å². The van der Waals surface area contributed by atoms with Crippen molar-refractivity contribution in [1.82, 2.24) is 14.7 Å². The van der Waals surface area contributed by atoms with Crippen LogP contribution in [0.2, 0.25) is 0 Å². The van der Waals surface area contributed by atoms with E-state index in [0.29, 0.717) is 18.7 Å². The van der Waals surface area contributed by atoms with Gasteiger partial charge >= 0.3 is 0 Å². The molecule has 2 heterocycles. The van der Waals surface area contributed by atoms with Gasteiger partial charge in [-0.1, -0.05) is 6.92 Å². The molecule has 0 saturated carbocycles. The van der Waals surface area contributed by atoms with Gasteiger partial charge in [0.1, 0.15) is 0 Å². The van der Waals surface area contributed by atoms with Gasteiger partial charge < -0.3 is 10.6 Å². The predicted molar refractivity (Wildman–Crippen MR) is 61.1 cm³/mol. The summed E-state index contributed by atoms with van der Waals surface area (Å²) in [5, 5.41) is 4.17. The molecule has 0 radical (unpaired) electrons. The van der Waals surface area contributed by atoms with Crippen molar-refractivity contribution in [2.75, 3.05) is 13.1 Å². The molecule has 1 aliphatic rings. The molecule has 5 heteroatoms. The van der Waals surface area contributed by atoms with Crippen LogP contribution in [0.3, 0.4) is 0 Å². The van der Waals surface area contributed by atoms with Crippen molar-refractivity contribution in [3.8, 4) is 0 Å². The number of amides is 1. The molecule has 1 aliphatic heterocycles. The minimum Gasteiger partial charge on any atom is -0.335 e. The SMILES string of the molecule is CCC1(N)CN(C(=O)c2cn(C)nc2C)C1. The summed E-state index contributed by atoms with van der Waals surface area (Å²) in [6.07, 6.45) is 2.67. The highest BCUT2D eigenvalue weighted by Gasteiger charge is 2.41.